The van der Waals surface area contributed by atoms with Crippen molar-refractivity contribution < 1.29 is 26.4 Å². The van der Waals surface area contributed by atoms with Gasteiger partial charge in [0.25, 0.3) is 9.84 Å². The van der Waals surface area contributed by atoms with E-state index in [9.17, 15) is 26.4 Å². The van der Waals surface area contributed by atoms with Crippen LogP contribution in [0.1, 0.15) is 10.4 Å². The molecule has 0 saturated carbocycles. The molecule has 1 amide bonds. The van der Waals surface area contributed by atoms with Gasteiger partial charge >= 0.3 is 5.51 Å². The Morgan fingerprint density at radius 2 is 1.72 bits per heavy atom. The number of nitrogens with zero attached hydrogens (tertiary/aromatic N) is 1. The maximum atomic E-state index is 13.2. The molecule has 0 radical (unpaired) electrons. The first kappa shape index (κ1) is 20.8. The normalized spacial score (nSPS) is 12.0. The molecule has 10 heteroatoms. The average molecular weight is 441 g/mol. The minimum atomic E-state index is -5.69. The van der Waals surface area contributed by atoms with Crippen LogP contribution in [-0.2, 0) is 9.84 Å². The number of pyridine rings is 1. The summed E-state index contributed by atoms with van der Waals surface area (Å²) in [6.07, 6.45) is 1.51. The Morgan fingerprint density at radius 3 is 2.31 bits per heavy atom. The molecule has 0 saturated heterocycles. The van der Waals surface area contributed by atoms with Crippen molar-refractivity contribution in [3.8, 4) is 22.4 Å². The second-order valence-corrected chi connectivity index (χ2v) is 8.25. The number of carbonyl (C=O) groups excluding carboxylic acids is 1. The third kappa shape index (κ3) is 3.96. The zero-order chi connectivity index (χ0) is 21.4. The lowest BCUT2D eigenvalue weighted by atomic mass is 9.99. The van der Waals surface area contributed by atoms with Crippen LogP contribution in [-0.4, -0.2) is 24.8 Å². The molecule has 2 aromatic carbocycles. The van der Waals surface area contributed by atoms with Crippen LogP contribution in [0, 0.1) is 0 Å². The van der Waals surface area contributed by atoms with E-state index in [4.69, 9.17) is 17.3 Å². The highest BCUT2D eigenvalue weighted by molar-refractivity contribution is 7.92. The van der Waals surface area contributed by atoms with Crippen molar-refractivity contribution in [2.75, 3.05) is 0 Å². The summed E-state index contributed by atoms with van der Waals surface area (Å²) in [4.78, 5) is 14.7. The van der Waals surface area contributed by atoms with Gasteiger partial charge < -0.3 is 5.73 Å². The molecule has 3 aromatic rings. The van der Waals surface area contributed by atoms with Gasteiger partial charge in [-0.2, -0.15) is 13.2 Å². The van der Waals surface area contributed by atoms with Crippen LogP contribution in [0.5, 0.6) is 0 Å². The molecular formula is C19H12ClF3N2O3S. The van der Waals surface area contributed by atoms with Crippen molar-refractivity contribution >= 4 is 27.3 Å². The summed E-state index contributed by atoms with van der Waals surface area (Å²) in [5.74, 6) is -0.916. The Bertz CT molecular complexity index is 1200. The van der Waals surface area contributed by atoms with E-state index in [2.05, 4.69) is 4.98 Å². The van der Waals surface area contributed by atoms with Gasteiger partial charge in [-0.1, -0.05) is 23.7 Å². The number of sulfone groups is 1. The van der Waals surface area contributed by atoms with Gasteiger partial charge in [0.1, 0.15) is 0 Å². The number of halogens is 4. The minimum absolute atomic E-state index is 0.0981. The van der Waals surface area contributed by atoms with E-state index < -0.39 is 26.1 Å². The van der Waals surface area contributed by atoms with E-state index in [0.29, 0.717) is 17.3 Å². The number of alkyl halides is 3. The van der Waals surface area contributed by atoms with Crippen LogP contribution in [0.4, 0.5) is 13.2 Å². The third-order valence-electron chi connectivity index (χ3n) is 4.08. The average Bonchev–Trinajstić information content (AvgIpc) is 2.67. The van der Waals surface area contributed by atoms with E-state index in [1.165, 1.54) is 24.4 Å². The fraction of sp³-hybridized carbons (Fsp3) is 0.0526. The summed E-state index contributed by atoms with van der Waals surface area (Å²) in [5, 5.41) is 0.263. The first-order valence-electron chi connectivity index (χ1n) is 7.99. The maximum Gasteiger partial charge on any atom is 0.501 e. The Labute approximate surface area is 168 Å². The quantitative estimate of drug-likeness (QED) is 0.648. The van der Waals surface area contributed by atoms with Gasteiger partial charge in [-0.15, -0.1) is 0 Å². The first-order valence-corrected chi connectivity index (χ1v) is 9.85. The second-order valence-electron chi connectivity index (χ2n) is 5.93. The standard InChI is InChI=1S/C19H12ClF3N2O3S/c20-15-6-4-11(9-14(15)16-3-1-2-8-25-16)13-10-12(18(24)26)5-7-17(13)29(27,28)19(21,22)23/h1-10H,(H2,24,26). The highest BCUT2D eigenvalue weighted by Crippen LogP contribution is 2.39. The van der Waals surface area contributed by atoms with Crippen molar-refractivity contribution in [2.24, 2.45) is 5.73 Å². The molecule has 29 heavy (non-hydrogen) atoms. The predicted molar refractivity (Wildman–Crippen MR) is 102 cm³/mol. The molecule has 2 N–H and O–H groups in total. The van der Waals surface area contributed by atoms with Crippen molar-refractivity contribution in [3.05, 3.63) is 71.4 Å². The highest BCUT2D eigenvalue weighted by Gasteiger charge is 2.48. The van der Waals surface area contributed by atoms with Crippen LogP contribution in [0.15, 0.2) is 65.7 Å². The van der Waals surface area contributed by atoms with Gasteiger partial charge in [-0.3, -0.25) is 9.78 Å². The summed E-state index contributed by atoms with van der Waals surface area (Å²) in [5.41, 5.74) is 0.131. The summed E-state index contributed by atoms with van der Waals surface area (Å²) < 4.78 is 63.7. The van der Waals surface area contributed by atoms with Crippen LogP contribution in [0.3, 0.4) is 0 Å². The zero-order valence-electron chi connectivity index (χ0n) is 14.4. The predicted octanol–water partition coefficient (Wildman–Crippen LogP) is 4.46. The van der Waals surface area contributed by atoms with Crippen LogP contribution < -0.4 is 5.73 Å². The SMILES string of the molecule is NC(=O)c1ccc(S(=O)(=O)C(F)(F)F)c(-c2ccc(Cl)c(-c3ccccn3)c2)c1. The highest BCUT2D eigenvalue weighted by atomic mass is 35.5. The molecule has 5 nitrogen and oxygen atoms in total. The molecular weight excluding hydrogens is 429 g/mol. The molecule has 0 fully saturated rings. The number of amides is 1. The van der Waals surface area contributed by atoms with Gasteiger partial charge in [-0.05, 0) is 48.0 Å². The first-order chi connectivity index (χ1) is 13.5. The summed E-state index contributed by atoms with van der Waals surface area (Å²) >= 11 is 6.19. The maximum absolute atomic E-state index is 13.2. The van der Waals surface area contributed by atoms with E-state index in [0.717, 1.165) is 12.1 Å². The Balaban J connectivity index is 2.30. The van der Waals surface area contributed by atoms with Crippen LogP contribution in [0.25, 0.3) is 22.4 Å². The van der Waals surface area contributed by atoms with E-state index in [-0.39, 0.29) is 21.7 Å². The van der Waals surface area contributed by atoms with E-state index in [1.807, 2.05) is 0 Å². The van der Waals surface area contributed by atoms with Gasteiger partial charge in [0.2, 0.25) is 5.91 Å². The molecule has 150 valence electrons. The van der Waals surface area contributed by atoms with Gasteiger partial charge in [0, 0.05) is 27.9 Å². The molecule has 0 atom stereocenters. The third-order valence-corrected chi connectivity index (χ3v) is 5.95. The Kier molecular flexibility index (Phi) is 5.38. The molecule has 0 bridgehead atoms. The molecule has 3 rings (SSSR count). The van der Waals surface area contributed by atoms with Crippen molar-refractivity contribution in [1.82, 2.24) is 4.98 Å². The molecule has 0 spiro atoms. The number of rotatable bonds is 4. The number of carbonyl (C=O) groups is 1. The van der Waals surface area contributed by atoms with Gasteiger partial charge in [0.05, 0.1) is 10.6 Å². The summed E-state index contributed by atoms with van der Waals surface area (Å²) in [6, 6.07) is 11.8. The lowest BCUT2D eigenvalue weighted by molar-refractivity contribution is -0.0435. The van der Waals surface area contributed by atoms with Crippen molar-refractivity contribution in [3.63, 3.8) is 0 Å². The number of nitrogens with two attached hydrogens (primary N) is 1. The Hall–Kier alpha value is -2.91. The minimum Gasteiger partial charge on any atom is -0.366 e. The molecule has 0 aliphatic heterocycles. The number of hydrogen-bond acceptors (Lipinski definition) is 4. The van der Waals surface area contributed by atoms with Crippen molar-refractivity contribution in [2.45, 2.75) is 10.4 Å². The molecule has 1 heterocycles. The zero-order valence-corrected chi connectivity index (χ0v) is 16.0. The second kappa shape index (κ2) is 7.49. The number of aromatic nitrogens is 1. The van der Waals surface area contributed by atoms with Crippen LogP contribution in [0.2, 0.25) is 5.02 Å². The van der Waals surface area contributed by atoms with Crippen molar-refractivity contribution in [1.29, 1.82) is 0 Å². The number of hydrogen-bond donors (Lipinski definition) is 1. The van der Waals surface area contributed by atoms with Gasteiger partial charge in [-0.25, -0.2) is 8.42 Å². The monoisotopic (exact) mass is 440 g/mol. The topological polar surface area (TPSA) is 90.1 Å². The summed E-state index contributed by atoms with van der Waals surface area (Å²) in [7, 11) is -5.69. The largest absolute Gasteiger partial charge is 0.501 e. The molecule has 0 aliphatic carbocycles. The number of primary amides is 1. The number of benzene rings is 2. The van der Waals surface area contributed by atoms with Gasteiger partial charge in [0.15, 0.2) is 0 Å². The summed E-state index contributed by atoms with van der Waals surface area (Å²) in [6.45, 7) is 0. The molecule has 1 aromatic heterocycles. The fourth-order valence-electron chi connectivity index (χ4n) is 2.68. The molecule has 0 unspecified atom stereocenters. The molecule has 0 aliphatic rings. The van der Waals surface area contributed by atoms with E-state index >= 15 is 0 Å². The van der Waals surface area contributed by atoms with Crippen LogP contribution >= 0.6 is 11.6 Å². The smallest absolute Gasteiger partial charge is 0.366 e. The lowest BCUT2D eigenvalue weighted by Crippen LogP contribution is -2.24. The fourth-order valence-corrected chi connectivity index (χ4v) is 3.86. The lowest BCUT2D eigenvalue weighted by Gasteiger charge is -2.15. The van der Waals surface area contributed by atoms with E-state index in [1.54, 1.807) is 18.2 Å². The Morgan fingerprint density at radius 1 is 1.00 bits per heavy atom.